The van der Waals surface area contributed by atoms with E-state index in [0.29, 0.717) is 5.70 Å². The van der Waals surface area contributed by atoms with E-state index in [9.17, 15) is 18.3 Å². The van der Waals surface area contributed by atoms with Crippen LogP contribution in [0.1, 0.15) is 51.0 Å². The molecule has 1 saturated heterocycles. The third-order valence-electron chi connectivity index (χ3n) is 5.82. The zero-order chi connectivity index (χ0) is 20.3. The first-order chi connectivity index (χ1) is 13.3. The average Bonchev–Trinajstić information content (AvgIpc) is 2.66. The molecule has 1 aromatic carbocycles. The number of benzene rings is 1. The van der Waals surface area contributed by atoms with Gasteiger partial charge in [0.1, 0.15) is 0 Å². The van der Waals surface area contributed by atoms with Crippen LogP contribution in [-0.2, 0) is 14.8 Å². The lowest BCUT2D eigenvalue weighted by Crippen LogP contribution is -2.61. The Morgan fingerprint density at radius 1 is 1.18 bits per heavy atom. The van der Waals surface area contributed by atoms with Crippen molar-refractivity contribution in [3.63, 3.8) is 0 Å². The fourth-order valence-electron chi connectivity index (χ4n) is 4.39. The molecule has 0 radical (unpaired) electrons. The molecular formula is C21H30N2O4S. The SMILES string of the molecule is CCCCN1/C(=C/C(=O)O)CN(S(=O)(=O)c2ccc(C)cc2)C2CCCCC21. The molecule has 1 N–H and O–H groups in total. The molecule has 7 heteroatoms. The molecule has 0 aromatic heterocycles. The van der Waals surface area contributed by atoms with Gasteiger partial charge in [0.25, 0.3) is 0 Å². The monoisotopic (exact) mass is 406 g/mol. The highest BCUT2D eigenvalue weighted by atomic mass is 32.2. The number of carboxylic acid groups (broad SMARTS) is 1. The number of hydrogen-bond donors (Lipinski definition) is 1. The molecule has 2 atom stereocenters. The minimum absolute atomic E-state index is 0.0415. The summed E-state index contributed by atoms with van der Waals surface area (Å²) in [5.74, 6) is -1.03. The number of aryl methyl sites for hydroxylation is 1. The highest BCUT2D eigenvalue weighted by Gasteiger charge is 2.45. The lowest BCUT2D eigenvalue weighted by atomic mass is 9.86. The van der Waals surface area contributed by atoms with E-state index < -0.39 is 16.0 Å². The molecule has 0 bridgehead atoms. The summed E-state index contributed by atoms with van der Waals surface area (Å²) >= 11 is 0. The number of hydrogen-bond acceptors (Lipinski definition) is 4. The van der Waals surface area contributed by atoms with Crippen molar-refractivity contribution in [3.05, 3.63) is 41.6 Å². The number of sulfonamides is 1. The fourth-order valence-corrected chi connectivity index (χ4v) is 6.05. The van der Waals surface area contributed by atoms with Crippen molar-refractivity contribution in [3.8, 4) is 0 Å². The summed E-state index contributed by atoms with van der Waals surface area (Å²) in [6, 6.07) is 6.83. The number of nitrogens with zero attached hydrogens (tertiary/aromatic N) is 2. The molecule has 28 heavy (non-hydrogen) atoms. The van der Waals surface area contributed by atoms with Gasteiger partial charge < -0.3 is 10.0 Å². The summed E-state index contributed by atoms with van der Waals surface area (Å²) in [5.41, 5.74) is 1.60. The zero-order valence-corrected chi connectivity index (χ0v) is 17.5. The van der Waals surface area contributed by atoms with Crippen molar-refractivity contribution in [1.29, 1.82) is 0 Å². The van der Waals surface area contributed by atoms with Crippen LogP contribution in [0.2, 0.25) is 0 Å². The highest BCUT2D eigenvalue weighted by molar-refractivity contribution is 7.89. The van der Waals surface area contributed by atoms with Crippen molar-refractivity contribution in [2.24, 2.45) is 0 Å². The Morgan fingerprint density at radius 3 is 2.43 bits per heavy atom. The van der Waals surface area contributed by atoms with Crippen LogP contribution >= 0.6 is 0 Å². The fraction of sp³-hybridized carbons (Fsp3) is 0.571. The molecule has 2 aliphatic rings. The number of unbranched alkanes of at least 4 members (excludes halogenated alkanes) is 1. The third-order valence-corrected chi connectivity index (χ3v) is 7.71. The van der Waals surface area contributed by atoms with Crippen LogP contribution in [0.5, 0.6) is 0 Å². The van der Waals surface area contributed by atoms with Crippen LogP contribution in [0.15, 0.2) is 40.9 Å². The van der Waals surface area contributed by atoms with Crippen molar-refractivity contribution in [2.45, 2.75) is 69.4 Å². The Labute approximate surface area is 167 Å². The van der Waals surface area contributed by atoms with Gasteiger partial charge in [0, 0.05) is 30.4 Å². The van der Waals surface area contributed by atoms with Crippen LogP contribution in [-0.4, -0.2) is 53.9 Å². The van der Waals surface area contributed by atoms with Gasteiger partial charge in [-0.05, 0) is 38.3 Å². The molecule has 2 unspecified atom stereocenters. The maximum Gasteiger partial charge on any atom is 0.330 e. The molecule has 0 spiro atoms. The largest absolute Gasteiger partial charge is 0.478 e. The van der Waals surface area contributed by atoms with Gasteiger partial charge in [-0.2, -0.15) is 4.31 Å². The zero-order valence-electron chi connectivity index (χ0n) is 16.7. The maximum absolute atomic E-state index is 13.4. The van der Waals surface area contributed by atoms with Crippen LogP contribution in [0.3, 0.4) is 0 Å². The van der Waals surface area contributed by atoms with Gasteiger partial charge in [-0.3, -0.25) is 0 Å². The average molecular weight is 407 g/mol. The van der Waals surface area contributed by atoms with Gasteiger partial charge >= 0.3 is 5.97 Å². The second-order valence-electron chi connectivity index (χ2n) is 7.80. The first-order valence-electron chi connectivity index (χ1n) is 10.1. The Bertz CT molecular complexity index is 832. The first kappa shape index (κ1) is 20.9. The van der Waals surface area contributed by atoms with Gasteiger partial charge in [0.05, 0.1) is 11.4 Å². The molecule has 1 heterocycles. The Hall–Kier alpha value is -1.86. The van der Waals surface area contributed by atoms with E-state index in [2.05, 4.69) is 11.8 Å². The number of piperazine rings is 1. The quantitative estimate of drug-likeness (QED) is 0.733. The third kappa shape index (κ3) is 4.25. The summed E-state index contributed by atoms with van der Waals surface area (Å²) in [5, 5.41) is 9.37. The number of rotatable bonds is 6. The molecule has 1 saturated carbocycles. The molecule has 1 aromatic rings. The standard InChI is InChI=1S/C21H30N2O4S/c1-3-4-13-22-17(14-21(24)25)15-23(20-8-6-5-7-19(20)22)28(26,27)18-11-9-16(2)10-12-18/h9-12,14,19-20H,3-8,13,15H2,1-2H3,(H,24,25)/b17-14+. The van der Waals surface area contributed by atoms with Crippen molar-refractivity contribution in [2.75, 3.05) is 13.1 Å². The molecule has 2 fully saturated rings. The molecule has 1 aliphatic carbocycles. The molecule has 3 rings (SSSR count). The Kier molecular flexibility index (Phi) is 6.45. The predicted molar refractivity (Wildman–Crippen MR) is 108 cm³/mol. The van der Waals surface area contributed by atoms with Crippen LogP contribution in [0.4, 0.5) is 0 Å². The van der Waals surface area contributed by atoms with Gasteiger partial charge in [-0.1, -0.05) is 43.9 Å². The van der Waals surface area contributed by atoms with Crippen LogP contribution in [0.25, 0.3) is 0 Å². The summed E-state index contributed by atoms with van der Waals surface area (Å²) in [6.07, 6.45) is 6.93. The van der Waals surface area contributed by atoms with Gasteiger partial charge in [-0.15, -0.1) is 0 Å². The van der Waals surface area contributed by atoms with Gasteiger partial charge in [-0.25, -0.2) is 13.2 Å². The highest BCUT2D eigenvalue weighted by Crippen LogP contribution is 2.37. The lowest BCUT2D eigenvalue weighted by molar-refractivity contribution is -0.131. The number of fused-ring (bicyclic) bond motifs is 1. The number of carboxylic acids is 1. The second-order valence-corrected chi connectivity index (χ2v) is 9.69. The summed E-state index contributed by atoms with van der Waals surface area (Å²) in [4.78, 5) is 13.9. The van der Waals surface area contributed by atoms with E-state index in [1.807, 2.05) is 6.92 Å². The molecule has 6 nitrogen and oxygen atoms in total. The number of carbonyl (C=O) groups is 1. The van der Waals surface area contributed by atoms with Gasteiger partial charge in [0.15, 0.2) is 0 Å². The van der Waals surface area contributed by atoms with E-state index in [1.54, 1.807) is 28.6 Å². The lowest BCUT2D eigenvalue weighted by Gasteiger charge is -2.51. The van der Waals surface area contributed by atoms with Crippen LogP contribution < -0.4 is 0 Å². The molecule has 154 valence electrons. The second kappa shape index (κ2) is 8.66. The van der Waals surface area contributed by atoms with Crippen LogP contribution in [0, 0.1) is 6.92 Å². The van der Waals surface area contributed by atoms with E-state index >= 15 is 0 Å². The van der Waals surface area contributed by atoms with E-state index in [1.165, 1.54) is 6.08 Å². The van der Waals surface area contributed by atoms with E-state index in [-0.39, 0.29) is 23.5 Å². The Balaban J connectivity index is 2.01. The van der Waals surface area contributed by atoms with E-state index in [0.717, 1.165) is 50.6 Å². The molecule has 0 amide bonds. The van der Waals surface area contributed by atoms with Crippen molar-refractivity contribution >= 4 is 16.0 Å². The topological polar surface area (TPSA) is 77.9 Å². The molecule has 1 aliphatic heterocycles. The van der Waals surface area contributed by atoms with Crippen molar-refractivity contribution in [1.82, 2.24) is 9.21 Å². The summed E-state index contributed by atoms with van der Waals surface area (Å²) in [7, 11) is -3.69. The van der Waals surface area contributed by atoms with Gasteiger partial charge in [0.2, 0.25) is 10.0 Å². The molecular weight excluding hydrogens is 376 g/mol. The Morgan fingerprint density at radius 2 is 1.82 bits per heavy atom. The summed E-state index contributed by atoms with van der Waals surface area (Å²) in [6.45, 7) is 4.92. The smallest absolute Gasteiger partial charge is 0.330 e. The first-order valence-corrected chi connectivity index (χ1v) is 11.6. The summed E-state index contributed by atoms with van der Waals surface area (Å²) < 4.78 is 28.4. The number of aliphatic carboxylic acids is 1. The normalized spacial score (nSPS) is 24.9. The van der Waals surface area contributed by atoms with E-state index in [4.69, 9.17) is 0 Å². The minimum atomic E-state index is -3.69. The predicted octanol–water partition coefficient (Wildman–Crippen LogP) is 3.38. The maximum atomic E-state index is 13.4. The van der Waals surface area contributed by atoms with Crippen molar-refractivity contribution < 1.29 is 18.3 Å². The minimum Gasteiger partial charge on any atom is -0.478 e.